The zero-order chi connectivity index (χ0) is 17.8. The summed E-state index contributed by atoms with van der Waals surface area (Å²) in [5.74, 6) is 0.168. The number of nitrogens with one attached hydrogen (secondary N) is 3. The number of hydrogen-bond donors (Lipinski definition) is 3. The van der Waals surface area contributed by atoms with Gasteiger partial charge in [0.25, 0.3) is 5.91 Å². The minimum atomic E-state index is -0.349. The zero-order valence-corrected chi connectivity index (χ0v) is 15.0. The van der Waals surface area contributed by atoms with Crippen LogP contribution in [-0.2, 0) is 4.79 Å². The lowest BCUT2D eigenvalue weighted by Crippen LogP contribution is -2.48. The maximum atomic E-state index is 12.0. The molecule has 0 aliphatic carbocycles. The topological polar surface area (TPSA) is 79.5 Å². The van der Waals surface area contributed by atoms with E-state index < -0.39 is 0 Å². The van der Waals surface area contributed by atoms with Crippen LogP contribution in [0.4, 0.5) is 0 Å². The van der Waals surface area contributed by atoms with Crippen molar-refractivity contribution >= 4 is 29.1 Å². The van der Waals surface area contributed by atoms with E-state index in [1.54, 1.807) is 31.2 Å². The predicted octanol–water partition coefficient (Wildman–Crippen LogP) is 2.69. The summed E-state index contributed by atoms with van der Waals surface area (Å²) >= 11 is 4.89. The van der Waals surface area contributed by atoms with Gasteiger partial charge < -0.3 is 10.1 Å². The van der Waals surface area contributed by atoms with Crippen molar-refractivity contribution in [2.75, 3.05) is 6.61 Å². The lowest BCUT2D eigenvalue weighted by molar-refractivity contribution is -0.119. The molecule has 0 heterocycles. The highest BCUT2D eigenvalue weighted by Crippen LogP contribution is 2.13. The van der Waals surface area contributed by atoms with Gasteiger partial charge in [-0.15, -0.1) is 0 Å². The van der Waals surface area contributed by atoms with Crippen LogP contribution in [0, 0.1) is 0 Å². The maximum absolute atomic E-state index is 12.0. The summed E-state index contributed by atoms with van der Waals surface area (Å²) in [6.45, 7) is 4.56. The average molecular weight is 351 g/mol. The van der Waals surface area contributed by atoms with E-state index in [-0.39, 0.29) is 16.9 Å². The number of hydrazine groups is 1. The first-order valence-corrected chi connectivity index (χ1v) is 8.60. The Labute approximate surface area is 148 Å². The Bertz CT molecular complexity index is 547. The molecule has 2 amide bonds. The van der Waals surface area contributed by atoms with Crippen LogP contribution in [0.25, 0.3) is 0 Å². The third kappa shape index (κ3) is 7.92. The second-order valence-electron chi connectivity index (χ2n) is 5.24. The first kappa shape index (κ1) is 19.9. The molecule has 0 bridgehead atoms. The Hall–Kier alpha value is -2.15. The third-order valence-corrected chi connectivity index (χ3v) is 3.45. The van der Waals surface area contributed by atoms with Gasteiger partial charge in [-0.2, -0.15) is 0 Å². The first-order chi connectivity index (χ1) is 11.6. The van der Waals surface area contributed by atoms with Gasteiger partial charge in [0.2, 0.25) is 5.91 Å². The van der Waals surface area contributed by atoms with Crippen molar-refractivity contribution in [1.29, 1.82) is 0 Å². The number of benzene rings is 1. The van der Waals surface area contributed by atoms with Gasteiger partial charge in [0.05, 0.1) is 6.61 Å². The summed E-state index contributed by atoms with van der Waals surface area (Å²) in [6, 6.07) is 6.86. The van der Waals surface area contributed by atoms with Gasteiger partial charge in [-0.05, 0) is 42.9 Å². The molecule has 0 aliphatic heterocycles. The number of carbonyl (C=O) groups is 2. The van der Waals surface area contributed by atoms with E-state index in [1.165, 1.54) is 12.8 Å². The predicted molar refractivity (Wildman–Crippen MR) is 97.7 cm³/mol. The summed E-state index contributed by atoms with van der Waals surface area (Å²) in [6.07, 6.45) is 4.92. The van der Waals surface area contributed by atoms with Crippen LogP contribution in [0.5, 0.6) is 5.75 Å². The van der Waals surface area contributed by atoms with Crippen molar-refractivity contribution < 1.29 is 14.3 Å². The second-order valence-corrected chi connectivity index (χ2v) is 5.65. The zero-order valence-electron chi connectivity index (χ0n) is 14.2. The molecule has 0 fully saturated rings. The molecule has 0 spiro atoms. The van der Waals surface area contributed by atoms with Crippen molar-refractivity contribution in [3.63, 3.8) is 0 Å². The number of rotatable bonds is 8. The van der Waals surface area contributed by atoms with Gasteiger partial charge in [0, 0.05) is 12.0 Å². The molecule has 0 radical (unpaired) electrons. The van der Waals surface area contributed by atoms with Gasteiger partial charge in [-0.3, -0.25) is 20.4 Å². The Morgan fingerprint density at radius 3 is 2.38 bits per heavy atom. The van der Waals surface area contributed by atoms with Crippen LogP contribution >= 0.6 is 12.2 Å². The lowest BCUT2D eigenvalue weighted by atomic mass is 10.2. The molecule has 1 rings (SSSR count). The third-order valence-electron chi connectivity index (χ3n) is 3.25. The van der Waals surface area contributed by atoms with Gasteiger partial charge in [-0.1, -0.05) is 33.1 Å². The fourth-order valence-electron chi connectivity index (χ4n) is 1.85. The largest absolute Gasteiger partial charge is 0.494 e. The molecule has 1 aromatic carbocycles. The van der Waals surface area contributed by atoms with E-state index >= 15 is 0 Å². The summed E-state index contributed by atoms with van der Waals surface area (Å²) < 4.78 is 5.63. The van der Waals surface area contributed by atoms with Gasteiger partial charge >= 0.3 is 0 Å². The van der Waals surface area contributed by atoms with Crippen molar-refractivity contribution in [1.82, 2.24) is 16.2 Å². The van der Waals surface area contributed by atoms with E-state index in [1.807, 2.05) is 0 Å². The standard InChI is InChI=1S/C17H25N3O3S/c1-3-5-6-7-12-23-14-10-8-13(9-11-14)16(22)19-20-17(24)18-15(21)4-2/h8-11H,3-7,12H2,1-2H3,(H,19,22)(H2,18,20,21,24). The monoisotopic (exact) mass is 351 g/mol. The number of carbonyl (C=O) groups excluding carboxylic acids is 2. The molecule has 7 heteroatoms. The fourth-order valence-corrected chi connectivity index (χ4v) is 2.02. The molecule has 0 unspecified atom stereocenters. The molecule has 1 aromatic rings. The van der Waals surface area contributed by atoms with Crippen LogP contribution in [0.3, 0.4) is 0 Å². The lowest BCUT2D eigenvalue weighted by Gasteiger charge is -2.11. The van der Waals surface area contributed by atoms with Crippen molar-refractivity contribution in [2.24, 2.45) is 0 Å². The minimum absolute atomic E-state index is 0.0576. The normalized spacial score (nSPS) is 9.92. The minimum Gasteiger partial charge on any atom is -0.494 e. The van der Waals surface area contributed by atoms with E-state index in [9.17, 15) is 9.59 Å². The van der Waals surface area contributed by atoms with Crippen LogP contribution in [-0.4, -0.2) is 23.5 Å². The fraction of sp³-hybridized carbons (Fsp3) is 0.471. The number of unbranched alkanes of at least 4 members (excludes halogenated alkanes) is 3. The van der Waals surface area contributed by atoms with Crippen LogP contribution in [0.2, 0.25) is 0 Å². The van der Waals surface area contributed by atoms with Crippen LogP contribution in [0.1, 0.15) is 56.3 Å². The molecule has 6 nitrogen and oxygen atoms in total. The Morgan fingerprint density at radius 2 is 1.75 bits per heavy atom. The highest BCUT2D eigenvalue weighted by Gasteiger charge is 2.07. The summed E-state index contributed by atoms with van der Waals surface area (Å²) in [4.78, 5) is 23.1. The number of thiocarbonyl (C=S) groups is 1. The summed E-state index contributed by atoms with van der Waals surface area (Å²) in [7, 11) is 0. The highest BCUT2D eigenvalue weighted by atomic mass is 32.1. The summed E-state index contributed by atoms with van der Waals surface area (Å²) in [5.41, 5.74) is 5.37. The van der Waals surface area contributed by atoms with E-state index in [4.69, 9.17) is 17.0 Å². The smallest absolute Gasteiger partial charge is 0.269 e. The number of amides is 2. The van der Waals surface area contributed by atoms with Crippen LogP contribution < -0.4 is 20.9 Å². The molecule has 0 saturated carbocycles. The average Bonchev–Trinajstić information content (AvgIpc) is 2.60. The second kappa shape index (κ2) is 11.4. The molecule has 3 N–H and O–H groups in total. The van der Waals surface area contributed by atoms with Crippen molar-refractivity contribution in [2.45, 2.75) is 46.0 Å². The van der Waals surface area contributed by atoms with Crippen molar-refractivity contribution in [3.8, 4) is 5.75 Å². The molecule has 24 heavy (non-hydrogen) atoms. The number of hydrogen-bond acceptors (Lipinski definition) is 4. The molecule has 0 aromatic heterocycles. The molecule has 0 atom stereocenters. The molecular formula is C17H25N3O3S. The van der Waals surface area contributed by atoms with E-state index in [0.29, 0.717) is 18.6 Å². The highest BCUT2D eigenvalue weighted by molar-refractivity contribution is 7.80. The van der Waals surface area contributed by atoms with Crippen LogP contribution in [0.15, 0.2) is 24.3 Å². The molecule has 0 saturated heterocycles. The first-order valence-electron chi connectivity index (χ1n) is 8.19. The van der Waals surface area contributed by atoms with Gasteiger partial charge in [0.1, 0.15) is 5.75 Å². The van der Waals surface area contributed by atoms with Gasteiger partial charge in [0.15, 0.2) is 5.11 Å². The molecular weight excluding hydrogens is 326 g/mol. The number of ether oxygens (including phenoxy) is 1. The maximum Gasteiger partial charge on any atom is 0.269 e. The van der Waals surface area contributed by atoms with Gasteiger partial charge in [-0.25, -0.2) is 0 Å². The Kier molecular flexibility index (Phi) is 9.45. The van der Waals surface area contributed by atoms with E-state index in [2.05, 4.69) is 23.1 Å². The summed E-state index contributed by atoms with van der Waals surface area (Å²) in [5, 5.41) is 2.49. The Balaban J connectivity index is 2.35. The molecule has 0 aliphatic rings. The SMILES string of the molecule is CCCCCCOc1ccc(C(=O)NNC(=S)NC(=O)CC)cc1. The Morgan fingerprint density at radius 1 is 1.04 bits per heavy atom. The van der Waals surface area contributed by atoms with Crippen molar-refractivity contribution in [3.05, 3.63) is 29.8 Å². The quantitative estimate of drug-likeness (QED) is 0.381. The van der Waals surface area contributed by atoms with E-state index in [0.717, 1.165) is 18.6 Å². The molecule has 132 valence electrons.